The lowest BCUT2D eigenvalue weighted by molar-refractivity contribution is -0.142. The van der Waals surface area contributed by atoms with Crippen LogP contribution in [-0.4, -0.2) is 50.3 Å². The highest BCUT2D eigenvalue weighted by Crippen LogP contribution is 2.49. The van der Waals surface area contributed by atoms with Crippen molar-refractivity contribution in [3.8, 4) is 11.5 Å². The first-order chi connectivity index (χ1) is 17.3. The Bertz CT molecular complexity index is 1160. The molecule has 36 heavy (non-hydrogen) atoms. The predicted molar refractivity (Wildman–Crippen MR) is 135 cm³/mol. The normalized spacial score (nSPS) is 16.6. The molecule has 3 N–H and O–H groups in total. The number of anilines is 1. The molecule has 3 amide bonds. The molecular weight excluding hydrogens is 510 g/mol. The Morgan fingerprint density at radius 2 is 1.75 bits per heavy atom. The summed E-state index contributed by atoms with van der Waals surface area (Å²) < 4.78 is 15.6. The van der Waals surface area contributed by atoms with E-state index in [1.165, 1.54) is 33.1 Å². The monoisotopic (exact) mass is 535 g/mol. The fourth-order valence-corrected chi connectivity index (χ4v) is 5.23. The van der Waals surface area contributed by atoms with Gasteiger partial charge in [-0.1, -0.05) is 23.7 Å². The molecule has 1 aliphatic heterocycles. The van der Waals surface area contributed by atoms with Crippen LogP contribution in [0.15, 0.2) is 36.4 Å². The lowest BCUT2D eigenvalue weighted by Crippen LogP contribution is -2.43. The van der Waals surface area contributed by atoms with Crippen LogP contribution in [0.1, 0.15) is 35.6 Å². The third kappa shape index (κ3) is 6.61. The Balaban J connectivity index is 1.83. The molecule has 2 aromatic rings. The molecule has 0 saturated heterocycles. The molecule has 1 aliphatic rings. The molecule has 10 nitrogen and oxygen atoms in total. The molecule has 3 rings (SSSR count). The number of amides is 3. The van der Waals surface area contributed by atoms with Gasteiger partial charge in [-0.2, -0.15) is 0 Å². The lowest BCUT2D eigenvalue weighted by atomic mass is 10.0. The Labute approximate surface area is 217 Å². The maximum Gasteiger partial charge on any atom is 0.306 e. The number of hydrogen-bond acceptors (Lipinski definition) is 8. The maximum atomic E-state index is 13.1. The largest absolute Gasteiger partial charge is 0.493 e. The van der Waals surface area contributed by atoms with Gasteiger partial charge >= 0.3 is 5.97 Å². The number of hydrazine groups is 1. The minimum absolute atomic E-state index is 0.121. The average Bonchev–Trinajstić information content (AvgIpc) is 3.01. The van der Waals surface area contributed by atoms with Crippen LogP contribution in [0.4, 0.5) is 5.69 Å². The van der Waals surface area contributed by atoms with Gasteiger partial charge in [0.15, 0.2) is 11.5 Å². The number of esters is 1. The van der Waals surface area contributed by atoms with Crippen molar-refractivity contribution in [3.05, 3.63) is 52.5 Å². The average molecular weight is 536 g/mol. The second-order valence-electron chi connectivity index (χ2n) is 7.68. The first-order valence-electron chi connectivity index (χ1n) is 10.9. The number of methoxy groups -OCH3 is 3. The Morgan fingerprint density at radius 1 is 1.00 bits per heavy atom. The van der Waals surface area contributed by atoms with E-state index in [2.05, 4.69) is 20.9 Å². The smallest absolute Gasteiger partial charge is 0.306 e. The molecule has 0 fully saturated rings. The summed E-state index contributed by atoms with van der Waals surface area (Å²) in [7, 11) is 4.28. The van der Waals surface area contributed by atoms with Crippen LogP contribution in [-0.2, 0) is 23.9 Å². The van der Waals surface area contributed by atoms with Crippen LogP contribution in [0.3, 0.4) is 0 Å². The number of halogens is 1. The fourth-order valence-electron chi connectivity index (χ4n) is 3.62. The van der Waals surface area contributed by atoms with E-state index in [-0.39, 0.29) is 25.2 Å². The van der Waals surface area contributed by atoms with E-state index in [0.29, 0.717) is 22.2 Å². The van der Waals surface area contributed by atoms with E-state index in [9.17, 15) is 19.2 Å². The van der Waals surface area contributed by atoms with Crippen molar-refractivity contribution in [2.24, 2.45) is 0 Å². The van der Waals surface area contributed by atoms with Gasteiger partial charge in [0.25, 0.3) is 0 Å². The van der Waals surface area contributed by atoms with Crippen LogP contribution in [0, 0.1) is 0 Å². The number of thioether (sulfide) groups is 1. The minimum Gasteiger partial charge on any atom is -0.493 e. The second-order valence-corrected chi connectivity index (χ2v) is 9.43. The number of carbonyl (C=O) groups is 4. The highest BCUT2D eigenvalue weighted by Gasteiger charge is 2.35. The number of ether oxygens (including phenoxy) is 3. The van der Waals surface area contributed by atoms with Gasteiger partial charge in [0, 0.05) is 29.1 Å². The molecule has 0 aliphatic carbocycles. The standard InChI is InChI=1S/C24H26ClN3O7S/c1-33-17-6-4-5-14(22(17)35-3)23-15-11-13(25)7-8-16(15)26-24(32)18(36-23)12-20(30)28-27-19(29)9-10-21(31)34-2/h4-8,11,18,23H,9-10,12H2,1-3H3,(H,26,32)(H,27,29)(H,28,30)/t18-,23-/m1/s1. The molecule has 0 unspecified atom stereocenters. The summed E-state index contributed by atoms with van der Waals surface area (Å²) in [6, 6.07) is 10.6. The van der Waals surface area contributed by atoms with E-state index in [0.717, 1.165) is 11.1 Å². The second kappa shape index (κ2) is 12.5. The van der Waals surface area contributed by atoms with E-state index < -0.39 is 28.3 Å². The first kappa shape index (κ1) is 27.2. The Hall–Kier alpha value is -3.44. The fraction of sp³-hybridized carbons (Fsp3) is 0.333. The van der Waals surface area contributed by atoms with Gasteiger partial charge in [-0.3, -0.25) is 30.0 Å². The molecule has 0 radical (unpaired) electrons. The molecule has 12 heteroatoms. The molecule has 2 atom stereocenters. The summed E-state index contributed by atoms with van der Waals surface area (Å²) in [6.07, 6.45) is -0.498. The third-order valence-corrected chi connectivity index (χ3v) is 7.08. The zero-order valence-corrected chi connectivity index (χ0v) is 21.5. The number of nitrogens with one attached hydrogen (secondary N) is 3. The van der Waals surface area contributed by atoms with Crippen molar-refractivity contribution in [2.45, 2.75) is 29.8 Å². The summed E-state index contributed by atoms with van der Waals surface area (Å²) >= 11 is 7.54. The molecular formula is C24H26ClN3O7S. The molecule has 0 bridgehead atoms. The van der Waals surface area contributed by atoms with Gasteiger partial charge in [0.1, 0.15) is 0 Å². The summed E-state index contributed by atoms with van der Waals surface area (Å²) in [6.45, 7) is 0. The third-order valence-electron chi connectivity index (χ3n) is 5.36. The lowest BCUT2D eigenvalue weighted by Gasteiger charge is -2.23. The van der Waals surface area contributed by atoms with Crippen LogP contribution in [0.25, 0.3) is 0 Å². The van der Waals surface area contributed by atoms with Gasteiger partial charge < -0.3 is 19.5 Å². The zero-order chi connectivity index (χ0) is 26.2. The van der Waals surface area contributed by atoms with Crippen molar-refractivity contribution in [1.29, 1.82) is 0 Å². The Morgan fingerprint density at radius 3 is 2.44 bits per heavy atom. The topological polar surface area (TPSA) is 132 Å². The maximum absolute atomic E-state index is 13.1. The molecule has 2 aromatic carbocycles. The van der Waals surface area contributed by atoms with Crippen molar-refractivity contribution in [1.82, 2.24) is 10.9 Å². The van der Waals surface area contributed by atoms with Gasteiger partial charge in [-0.15, -0.1) is 11.8 Å². The van der Waals surface area contributed by atoms with Crippen LogP contribution < -0.4 is 25.6 Å². The molecule has 192 valence electrons. The van der Waals surface area contributed by atoms with Crippen LogP contribution in [0.2, 0.25) is 5.02 Å². The zero-order valence-electron chi connectivity index (χ0n) is 19.9. The number of carbonyl (C=O) groups excluding carboxylic acids is 4. The number of hydrogen-bond donors (Lipinski definition) is 3. The highest BCUT2D eigenvalue weighted by molar-refractivity contribution is 8.01. The van der Waals surface area contributed by atoms with Crippen LogP contribution >= 0.6 is 23.4 Å². The first-order valence-corrected chi connectivity index (χ1v) is 12.2. The van der Waals surface area contributed by atoms with E-state index >= 15 is 0 Å². The van der Waals surface area contributed by atoms with E-state index in [1.54, 1.807) is 24.3 Å². The summed E-state index contributed by atoms with van der Waals surface area (Å²) in [5, 5.41) is 2.10. The van der Waals surface area contributed by atoms with E-state index in [4.69, 9.17) is 21.1 Å². The molecule has 0 aromatic heterocycles. The SMILES string of the molecule is COC(=O)CCC(=O)NNC(=O)C[C@H]1S[C@H](c2cccc(OC)c2OC)c2cc(Cl)ccc2NC1=O. The molecule has 0 saturated carbocycles. The molecule has 0 spiro atoms. The Kier molecular flexibility index (Phi) is 9.43. The van der Waals surface area contributed by atoms with Gasteiger partial charge in [-0.05, 0) is 29.8 Å². The summed E-state index contributed by atoms with van der Waals surface area (Å²) in [5.41, 5.74) is 6.57. The van der Waals surface area contributed by atoms with Crippen LogP contribution in [0.5, 0.6) is 11.5 Å². The van der Waals surface area contributed by atoms with E-state index in [1.807, 2.05) is 12.1 Å². The minimum atomic E-state index is -0.816. The number of fused-ring (bicyclic) bond motifs is 1. The predicted octanol–water partition coefficient (Wildman–Crippen LogP) is 2.99. The van der Waals surface area contributed by atoms with Crippen molar-refractivity contribution in [3.63, 3.8) is 0 Å². The van der Waals surface area contributed by atoms with Crippen molar-refractivity contribution in [2.75, 3.05) is 26.6 Å². The van der Waals surface area contributed by atoms with Crippen molar-refractivity contribution < 1.29 is 33.4 Å². The summed E-state index contributed by atoms with van der Waals surface area (Å²) in [4.78, 5) is 48.7. The van der Waals surface area contributed by atoms with Crippen molar-refractivity contribution >= 4 is 52.7 Å². The summed E-state index contributed by atoms with van der Waals surface area (Å²) in [5.74, 6) is -1.03. The highest BCUT2D eigenvalue weighted by atomic mass is 35.5. The van der Waals surface area contributed by atoms with Gasteiger partial charge in [-0.25, -0.2) is 0 Å². The number of benzene rings is 2. The quantitative estimate of drug-likeness (QED) is 0.347. The van der Waals surface area contributed by atoms with Gasteiger partial charge in [0.05, 0.1) is 38.3 Å². The number of rotatable bonds is 8. The van der Waals surface area contributed by atoms with Gasteiger partial charge in [0.2, 0.25) is 17.7 Å². The molecule has 1 heterocycles. The number of para-hydroxylation sites is 1.